The Morgan fingerprint density at radius 2 is 2.37 bits per heavy atom. The van der Waals surface area contributed by atoms with Crippen molar-refractivity contribution >= 4 is 11.3 Å². The normalized spacial score (nSPS) is 26.5. The zero-order valence-corrected chi connectivity index (χ0v) is 12.7. The molecule has 1 unspecified atom stereocenters. The molecule has 1 aromatic rings. The van der Waals surface area contributed by atoms with Crippen LogP contribution in [0.1, 0.15) is 30.2 Å². The van der Waals surface area contributed by atoms with E-state index in [1.54, 1.807) is 0 Å². The van der Waals surface area contributed by atoms with Gasteiger partial charge in [-0.1, -0.05) is 0 Å². The molecule has 1 aromatic heterocycles. The summed E-state index contributed by atoms with van der Waals surface area (Å²) in [5.41, 5.74) is 1.51. The number of hydrogen-bond donors (Lipinski definition) is 0. The lowest BCUT2D eigenvalue weighted by Crippen LogP contribution is -2.65. The average molecular weight is 281 g/mol. The number of ether oxygens (including phenoxy) is 2. The SMILES string of the molecule is CCOC1CCOC2(C1)CN(Cc1sccc1C)C2. The highest BCUT2D eigenvalue weighted by Crippen LogP contribution is 2.36. The van der Waals surface area contributed by atoms with Crippen LogP contribution in [0.15, 0.2) is 11.4 Å². The Morgan fingerprint density at radius 3 is 3.05 bits per heavy atom. The zero-order chi connectivity index (χ0) is 13.3. The van der Waals surface area contributed by atoms with E-state index in [9.17, 15) is 0 Å². The van der Waals surface area contributed by atoms with E-state index in [0.29, 0.717) is 6.10 Å². The standard InChI is InChI=1S/C15H23NO2S/c1-3-17-13-4-6-18-15(8-13)10-16(11-15)9-14-12(2)5-7-19-14/h5,7,13H,3-4,6,8-11H2,1-2H3. The maximum absolute atomic E-state index is 6.04. The largest absolute Gasteiger partial charge is 0.378 e. The van der Waals surface area contributed by atoms with Crippen molar-refractivity contribution in [3.05, 3.63) is 21.9 Å². The van der Waals surface area contributed by atoms with Crippen molar-refractivity contribution in [2.24, 2.45) is 0 Å². The Balaban J connectivity index is 1.52. The van der Waals surface area contributed by atoms with E-state index in [-0.39, 0.29) is 5.60 Å². The first-order valence-corrected chi connectivity index (χ1v) is 8.10. The first-order valence-electron chi connectivity index (χ1n) is 7.22. The molecule has 3 rings (SSSR count). The number of likely N-dealkylation sites (tertiary alicyclic amines) is 1. The molecule has 0 radical (unpaired) electrons. The van der Waals surface area contributed by atoms with Crippen LogP contribution in [0.4, 0.5) is 0 Å². The van der Waals surface area contributed by atoms with E-state index < -0.39 is 0 Å². The molecular weight excluding hydrogens is 258 g/mol. The topological polar surface area (TPSA) is 21.7 Å². The molecule has 0 bridgehead atoms. The third kappa shape index (κ3) is 2.87. The monoisotopic (exact) mass is 281 g/mol. The molecule has 2 aliphatic heterocycles. The second-order valence-corrected chi connectivity index (χ2v) is 6.77. The number of thiophene rings is 1. The Morgan fingerprint density at radius 1 is 1.53 bits per heavy atom. The summed E-state index contributed by atoms with van der Waals surface area (Å²) < 4.78 is 11.8. The molecule has 2 aliphatic rings. The molecule has 0 aromatic carbocycles. The van der Waals surface area contributed by atoms with Crippen molar-refractivity contribution in [3.8, 4) is 0 Å². The highest BCUT2D eigenvalue weighted by molar-refractivity contribution is 7.10. The Labute approximate surface area is 119 Å². The van der Waals surface area contributed by atoms with Crippen molar-refractivity contribution in [2.45, 2.75) is 44.9 Å². The van der Waals surface area contributed by atoms with Crippen LogP contribution in [-0.4, -0.2) is 42.9 Å². The van der Waals surface area contributed by atoms with Crippen LogP contribution < -0.4 is 0 Å². The minimum Gasteiger partial charge on any atom is -0.378 e. The van der Waals surface area contributed by atoms with Gasteiger partial charge in [0.15, 0.2) is 0 Å². The summed E-state index contributed by atoms with van der Waals surface area (Å²) in [7, 11) is 0. The van der Waals surface area contributed by atoms with Gasteiger partial charge in [-0.25, -0.2) is 0 Å². The summed E-state index contributed by atoms with van der Waals surface area (Å²) in [6.45, 7) is 9.16. The van der Waals surface area contributed by atoms with Gasteiger partial charge in [0.1, 0.15) is 0 Å². The quantitative estimate of drug-likeness (QED) is 0.847. The fourth-order valence-corrected chi connectivity index (χ4v) is 4.18. The molecule has 1 atom stereocenters. The first kappa shape index (κ1) is 13.6. The summed E-state index contributed by atoms with van der Waals surface area (Å²) in [6.07, 6.45) is 2.53. The maximum Gasteiger partial charge on any atom is 0.0959 e. The summed E-state index contributed by atoms with van der Waals surface area (Å²) >= 11 is 1.86. The van der Waals surface area contributed by atoms with E-state index in [0.717, 1.165) is 45.7 Å². The molecule has 106 valence electrons. The van der Waals surface area contributed by atoms with E-state index in [1.165, 1.54) is 10.4 Å². The molecule has 0 saturated carbocycles. The van der Waals surface area contributed by atoms with Gasteiger partial charge in [-0.15, -0.1) is 11.3 Å². The smallest absolute Gasteiger partial charge is 0.0959 e. The first-order chi connectivity index (χ1) is 9.21. The van der Waals surface area contributed by atoms with Gasteiger partial charge in [0.2, 0.25) is 0 Å². The predicted octanol–water partition coefficient (Wildman–Crippen LogP) is 2.83. The molecule has 3 nitrogen and oxygen atoms in total. The summed E-state index contributed by atoms with van der Waals surface area (Å²) in [5.74, 6) is 0. The highest BCUT2D eigenvalue weighted by atomic mass is 32.1. The summed E-state index contributed by atoms with van der Waals surface area (Å²) in [5, 5.41) is 2.18. The third-order valence-corrected chi connectivity index (χ3v) is 5.22. The lowest BCUT2D eigenvalue weighted by Gasteiger charge is -2.53. The van der Waals surface area contributed by atoms with Gasteiger partial charge in [-0.2, -0.15) is 0 Å². The van der Waals surface area contributed by atoms with Gasteiger partial charge >= 0.3 is 0 Å². The van der Waals surface area contributed by atoms with E-state index >= 15 is 0 Å². The molecule has 2 saturated heterocycles. The second-order valence-electron chi connectivity index (χ2n) is 5.77. The van der Waals surface area contributed by atoms with Crippen molar-refractivity contribution in [1.29, 1.82) is 0 Å². The Bertz CT molecular complexity index is 424. The second kappa shape index (κ2) is 5.52. The van der Waals surface area contributed by atoms with Gasteiger partial charge in [-0.3, -0.25) is 4.90 Å². The van der Waals surface area contributed by atoms with Crippen molar-refractivity contribution in [2.75, 3.05) is 26.3 Å². The molecule has 4 heteroatoms. The van der Waals surface area contributed by atoms with Crippen LogP contribution in [0.2, 0.25) is 0 Å². The molecule has 19 heavy (non-hydrogen) atoms. The minimum absolute atomic E-state index is 0.0866. The molecule has 0 N–H and O–H groups in total. The summed E-state index contributed by atoms with van der Waals surface area (Å²) in [4.78, 5) is 3.99. The van der Waals surface area contributed by atoms with Crippen LogP contribution in [0.5, 0.6) is 0 Å². The fraction of sp³-hybridized carbons (Fsp3) is 0.733. The lowest BCUT2D eigenvalue weighted by atomic mass is 9.84. The van der Waals surface area contributed by atoms with Crippen LogP contribution in [0.25, 0.3) is 0 Å². The van der Waals surface area contributed by atoms with E-state index in [4.69, 9.17) is 9.47 Å². The van der Waals surface area contributed by atoms with Crippen LogP contribution >= 0.6 is 11.3 Å². The van der Waals surface area contributed by atoms with Crippen LogP contribution in [0.3, 0.4) is 0 Å². The maximum atomic E-state index is 6.04. The van der Waals surface area contributed by atoms with Crippen LogP contribution in [-0.2, 0) is 16.0 Å². The van der Waals surface area contributed by atoms with Gasteiger partial charge < -0.3 is 9.47 Å². The number of aryl methyl sites for hydroxylation is 1. The highest BCUT2D eigenvalue weighted by Gasteiger charge is 2.47. The fourth-order valence-electron chi connectivity index (χ4n) is 3.23. The molecule has 2 fully saturated rings. The molecular formula is C15H23NO2S. The average Bonchev–Trinajstić information content (AvgIpc) is 2.74. The minimum atomic E-state index is 0.0866. The molecule has 0 aliphatic carbocycles. The number of hydrogen-bond acceptors (Lipinski definition) is 4. The Hall–Kier alpha value is -0.420. The summed E-state index contributed by atoms with van der Waals surface area (Å²) in [6, 6.07) is 2.21. The van der Waals surface area contributed by atoms with Crippen molar-refractivity contribution in [1.82, 2.24) is 4.90 Å². The Kier molecular flexibility index (Phi) is 3.94. The zero-order valence-electron chi connectivity index (χ0n) is 11.9. The third-order valence-electron chi connectivity index (χ3n) is 4.21. The number of rotatable bonds is 4. The van der Waals surface area contributed by atoms with E-state index in [1.807, 2.05) is 11.3 Å². The van der Waals surface area contributed by atoms with Gasteiger partial charge in [-0.05, 0) is 37.3 Å². The molecule has 3 heterocycles. The predicted molar refractivity (Wildman–Crippen MR) is 77.7 cm³/mol. The van der Waals surface area contributed by atoms with Gasteiger partial charge in [0.05, 0.1) is 11.7 Å². The van der Waals surface area contributed by atoms with Gasteiger partial charge in [0.25, 0.3) is 0 Å². The van der Waals surface area contributed by atoms with Crippen molar-refractivity contribution < 1.29 is 9.47 Å². The molecule has 0 amide bonds. The number of nitrogens with zero attached hydrogens (tertiary/aromatic N) is 1. The van der Waals surface area contributed by atoms with Crippen molar-refractivity contribution in [3.63, 3.8) is 0 Å². The van der Waals surface area contributed by atoms with E-state index in [2.05, 4.69) is 30.2 Å². The lowest BCUT2D eigenvalue weighted by molar-refractivity contribution is -0.198. The van der Waals surface area contributed by atoms with Gasteiger partial charge in [0, 0.05) is 44.1 Å². The molecule has 1 spiro atoms. The van der Waals surface area contributed by atoms with Crippen LogP contribution in [0, 0.1) is 6.92 Å².